The molecule has 2 aromatic carbocycles. The summed E-state index contributed by atoms with van der Waals surface area (Å²) in [6, 6.07) is 15.1. The summed E-state index contributed by atoms with van der Waals surface area (Å²) in [6.45, 7) is 0. The van der Waals surface area contributed by atoms with Crippen LogP contribution in [-0.2, 0) is 0 Å². The van der Waals surface area contributed by atoms with Crippen molar-refractivity contribution in [3.05, 3.63) is 65.2 Å². The minimum absolute atomic E-state index is 0.00332. The fraction of sp³-hybridized carbons (Fsp3) is 0.381. The Morgan fingerprint density at radius 2 is 1.65 bits per heavy atom. The molecule has 2 N–H and O–H groups in total. The Labute approximate surface area is 153 Å². The number of nitrogens with one attached hydrogen (secondary N) is 1. The lowest BCUT2D eigenvalue weighted by molar-refractivity contribution is 0.0938. The Bertz CT molecular complexity index is 810. The van der Waals surface area contributed by atoms with Crippen LogP contribution in [0.15, 0.2) is 58.8 Å². The van der Waals surface area contributed by atoms with Crippen molar-refractivity contribution >= 4 is 5.91 Å². The molecule has 1 aliphatic heterocycles. The van der Waals surface area contributed by atoms with Gasteiger partial charge in [-0.05, 0) is 36.6 Å². The number of carbonyl (C=O) groups excluding carboxylic acids is 1. The Balaban J connectivity index is 1.41. The molecule has 134 valence electrons. The zero-order valence-electron chi connectivity index (χ0n) is 14.6. The van der Waals surface area contributed by atoms with Crippen LogP contribution in [0.2, 0.25) is 0 Å². The largest absolute Gasteiger partial charge is 0.508 e. The average Bonchev–Trinajstić information content (AvgIpc) is 3.34. The molecule has 1 amide bonds. The van der Waals surface area contributed by atoms with Crippen molar-refractivity contribution in [1.29, 1.82) is 0 Å². The fourth-order valence-electron chi connectivity index (χ4n) is 3.82. The molecule has 2 unspecified atom stereocenters. The molecule has 0 aromatic heterocycles. The highest BCUT2D eigenvalue weighted by Crippen LogP contribution is 2.41. The summed E-state index contributed by atoms with van der Waals surface area (Å²) in [5.41, 5.74) is 2.54. The first-order valence-corrected chi connectivity index (χ1v) is 9.29. The zero-order valence-corrected chi connectivity index (χ0v) is 14.6. The maximum atomic E-state index is 12.3. The monoisotopic (exact) mass is 349 g/mol. The number of aromatic hydroxyl groups is 1. The third-order valence-corrected chi connectivity index (χ3v) is 5.34. The highest BCUT2D eigenvalue weighted by Gasteiger charge is 2.26. The van der Waals surface area contributed by atoms with Crippen molar-refractivity contribution in [3.63, 3.8) is 0 Å². The summed E-state index contributed by atoms with van der Waals surface area (Å²) in [7, 11) is 0. The van der Waals surface area contributed by atoms with Gasteiger partial charge in [0.05, 0.1) is 6.04 Å². The van der Waals surface area contributed by atoms with Crippen LogP contribution in [0, 0.1) is 0 Å². The van der Waals surface area contributed by atoms with Gasteiger partial charge in [0.2, 0.25) is 0 Å². The third-order valence-electron chi connectivity index (χ3n) is 5.34. The summed E-state index contributed by atoms with van der Waals surface area (Å²) >= 11 is 0. The number of carbonyl (C=O) groups is 1. The van der Waals surface area contributed by atoms with Crippen LogP contribution in [0.4, 0.5) is 0 Å². The first-order valence-electron chi connectivity index (χ1n) is 9.29. The highest BCUT2D eigenvalue weighted by molar-refractivity contribution is 5.94. The van der Waals surface area contributed by atoms with Gasteiger partial charge in [-0.1, -0.05) is 43.2 Å². The van der Waals surface area contributed by atoms with E-state index in [0.29, 0.717) is 11.6 Å². The van der Waals surface area contributed by atoms with E-state index in [4.69, 9.17) is 0 Å². The second-order valence-electron chi connectivity index (χ2n) is 7.13. The molecule has 2 aliphatic rings. The zero-order chi connectivity index (χ0) is 17.9. The number of para-hydroxylation sites is 1. The van der Waals surface area contributed by atoms with Gasteiger partial charge in [0.25, 0.3) is 5.91 Å². The summed E-state index contributed by atoms with van der Waals surface area (Å²) in [5.74, 6) is 0.264. The van der Waals surface area contributed by atoms with Crippen LogP contribution in [0.1, 0.15) is 65.7 Å². The number of hydrogen-bond donors (Lipinski definition) is 2. The Morgan fingerprint density at radius 3 is 2.38 bits per heavy atom. The minimum atomic E-state index is -0.119. The molecule has 0 saturated heterocycles. The van der Waals surface area contributed by atoms with E-state index in [-0.39, 0.29) is 23.7 Å². The third kappa shape index (κ3) is 3.47. The molecular formula is C21H23N3O2. The molecule has 0 bridgehead atoms. The lowest BCUT2D eigenvalue weighted by Gasteiger charge is -2.13. The molecule has 2 aromatic rings. The van der Waals surface area contributed by atoms with Gasteiger partial charge in [-0.15, -0.1) is 0 Å². The van der Waals surface area contributed by atoms with E-state index in [9.17, 15) is 9.90 Å². The molecule has 1 saturated carbocycles. The van der Waals surface area contributed by atoms with Crippen LogP contribution in [0.5, 0.6) is 5.75 Å². The molecule has 1 aliphatic carbocycles. The number of benzene rings is 2. The predicted octanol–water partition coefficient (Wildman–Crippen LogP) is 4.70. The van der Waals surface area contributed by atoms with E-state index >= 15 is 0 Å². The highest BCUT2D eigenvalue weighted by atomic mass is 16.3. The van der Waals surface area contributed by atoms with Crippen LogP contribution < -0.4 is 5.32 Å². The first-order chi connectivity index (χ1) is 12.7. The standard InChI is InChI=1S/C21H23N3O2/c25-20-8-4-3-7-17(20)19-13-18(23-24-19)14-9-11-15(12-10-14)21(26)22-16-5-1-2-6-16/h3-4,7-12,16,18-19,25H,1-2,5-6,13H2,(H,22,26). The smallest absolute Gasteiger partial charge is 0.251 e. The summed E-state index contributed by atoms with van der Waals surface area (Å²) in [4.78, 5) is 12.3. The van der Waals surface area contributed by atoms with Crippen molar-refractivity contribution < 1.29 is 9.90 Å². The van der Waals surface area contributed by atoms with Gasteiger partial charge >= 0.3 is 0 Å². The van der Waals surface area contributed by atoms with Crippen LogP contribution >= 0.6 is 0 Å². The molecule has 4 rings (SSSR count). The van der Waals surface area contributed by atoms with Crippen molar-refractivity contribution in [2.24, 2.45) is 10.2 Å². The van der Waals surface area contributed by atoms with Crippen LogP contribution in [0.25, 0.3) is 0 Å². The number of azo groups is 1. The lowest BCUT2D eigenvalue weighted by atomic mass is 9.96. The van der Waals surface area contributed by atoms with E-state index in [2.05, 4.69) is 15.5 Å². The summed E-state index contributed by atoms with van der Waals surface area (Å²) in [6.07, 6.45) is 5.30. The molecule has 0 radical (unpaired) electrons. The molecular weight excluding hydrogens is 326 g/mol. The lowest BCUT2D eigenvalue weighted by Crippen LogP contribution is -2.32. The molecule has 26 heavy (non-hydrogen) atoms. The van der Waals surface area contributed by atoms with Gasteiger partial charge in [-0.2, -0.15) is 10.2 Å². The van der Waals surface area contributed by atoms with Crippen LogP contribution in [0.3, 0.4) is 0 Å². The predicted molar refractivity (Wildman–Crippen MR) is 99.2 cm³/mol. The maximum Gasteiger partial charge on any atom is 0.251 e. The number of hydrogen-bond acceptors (Lipinski definition) is 4. The van der Waals surface area contributed by atoms with Gasteiger partial charge in [-0.3, -0.25) is 4.79 Å². The normalized spacial score (nSPS) is 22.6. The number of amides is 1. The Hall–Kier alpha value is -2.69. The van der Waals surface area contributed by atoms with Gasteiger partial charge in [0, 0.05) is 23.6 Å². The second kappa shape index (κ2) is 7.28. The van der Waals surface area contributed by atoms with E-state index < -0.39 is 0 Å². The molecule has 0 spiro atoms. The Kier molecular flexibility index (Phi) is 4.69. The topological polar surface area (TPSA) is 74.0 Å². The average molecular weight is 349 g/mol. The van der Waals surface area contributed by atoms with E-state index in [1.54, 1.807) is 12.1 Å². The maximum absolute atomic E-state index is 12.3. The van der Waals surface area contributed by atoms with Crippen molar-refractivity contribution in [2.75, 3.05) is 0 Å². The van der Waals surface area contributed by atoms with Crippen molar-refractivity contribution in [2.45, 2.75) is 50.2 Å². The first kappa shape index (κ1) is 16.8. The van der Waals surface area contributed by atoms with Gasteiger partial charge in [-0.25, -0.2) is 0 Å². The molecule has 5 nitrogen and oxygen atoms in total. The number of nitrogens with zero attached hydrogens (tertiary/aromatic N) is 2. The van der Waals surface area contributed by atoms with Crippen LogP contribution in [-0.4, -0.2) is 17.1 Å². The summed E-state index contributed by atoms with van der Waals surface area (Å²) in [5, 5.41) is 21.8. The van der Waals surface area contributed by atoms with E-state index in [1.165, 1.54) is 12.8 Å². The Morgan fingerprint density at radius 1 is 0.962 bits per heavy atom. The van der Waals surface area contributed by atoms with Gasteiger partial charge in [0.15, 0.2) is 0 Å². The number of phenols is 1. The molecule has 1 fully saturated rings. The van der Waals surface area contributed by atoms with E-state index in [0.717, 1.165) is 30.4 Å². The van der Waals surface area contributed by atoms with Gasteiger partial charge < -0.3 is 10.4 Å². The quantitative estimate of drug-likeness (QED) is 0.839. The van der Waals surface area contributed by atoms with E-state index in [1.807, 2.05) is 36.4 Å². The fourth-order valence-corrected chi connectivity index (χ4v) is 3.82. The van der Waals surface area contributed by atoms with Crippen molar-refractivity contribution in [3.8, 4) is 5.75 Å². The van der Waals surface area contributed by atoms with Gasteiger partial charge in [0.1, 0.15) is 11.8 Å². The molecule has 5 heteroatoms. The minimum Gasteiger partial charge on any atom is -0.508 e. The summed E-state index contributed by atoms with van der Waals surface area (Å²) < 4.78 is 0. The molecule has 2 atom stereocenters. The SMILES string of the molecule is O=C(NC1CCCC1)c1ccc(C2CC(c3ccccc3O)N=N2)cc1. The molecule has 1 heterocycles. The number of phenolic OH excluding ortho intramolecular Hbond substituents is 1. The number of rotatable bonds is 4. The second-order valence-corrected chi connectivity index (χ2v) is 7.13. The van der Waals surface area contributed by atoms with Crippen molar-refractivity contribution in [1.82, 2.24) is 5.32 Å².